The summed E-state index contributed by atoms with van der Waals surface area (Å²) in [6.07, 6.45) is 0. The van der Waals surface area contributed by atoms with Crippen molar-refractivity contribution in [2.45, 2.75) is 32.1 Å². The Morgan fingerprint density at radius 2 is 1.75 bits per heavy atom. The summed E-state index contributed by atoms with van der Waals surface area (Å²) in [6, 6.07) is 7.38. The van der Waals surface area contributed by atoms with Gasteiger partial charge in [-0.15, -0.1) is 0 Å². The van der Waals surface area contributed by atoms with Crippen molar-refractivity contribution in [1.82, 2.24) is 0 Å². The molecule has 1 aromatic rings. The summed E-state index contributed by atoms with van der Waals surface area (Å²) in [5.41, 5.74) is 1.84. The molecule has 0 aliphatic carbocycles. The van der Waals surface area contributed by atoms with Crippen LogP contribution in [0.3, 0.4) is 0 Å². The summed E-state index contributed by atoms with van der Waals surface area (Å²) >= 11 is 0. The molecule has 0 bridgehead atoms. The number of carboxylic acids is 1. The number of carbonyl (C=O) groups is 1. The van der Waals surface area contributed by atoms with Gasteiger partial charge in [-0.25, -0.2) is 0 Å². The lowest BCUT2D eigenvalue weighted by molar-refractivity contribution is -0.139. The Bertz CT molecular complexity index is 360. The summed E-state index contributed by atoms with van der Waals surface area (Å²) in [6.45, 7) is 5.93. The molecule has 1 rings (SSSR count). The van der Waals surface area contributed by atoms with Gasteiger partial charge in [-0.2, -0.15) is 0 Å². The van der Waals surface area contributed by atoms with E-state index in [1.165, 1.54) is 0 Å². The molecule has 0 radical (unpaired) electrons. The molecule has 0 saturated heterocycles. The molecular formula is C13H18O3. The maximum Gasteiger partial charge on any atom is 0.313 e. The van der Waals surface area contributed by atoms with Crippen LogP contribution in [0, 0.1) is 0 Å². The third kappa shape index (κ3) is 2.83. The van der Waals surface area contributed by atoms with Crippen molar-refractivity contribution in [3.63, 3.8) is 0 Å². The van der Waals surface area contributed by atoms with Crippen molar-refractivity contribution in [2.75, 3.05) is 6.61 Å². The quantitative estimate of drug-likeness (QED) is 0.823. The molecule has 0 aliphatic heterocycles. The van der Waals surface area contributed by atoms with E-state index in [9.17, 15) is 4.79 Å². The van der Waals surface area contributed by atoms with Gasteiger partial charge in [0.2, 0.25) is 0 Å². The molecule has 2 N–H and O–H groups in total. The van der Waals surface area contributed by atoms with Gasteiger partial charge in [-0.1, -0.05) is 45.0 Å². The minimum absolute atomic E-state index is 0.0520. The van der Waals surface area contributed by atoms with Crippen molar-refractivity contribution in [3.8, 4) is 0 Å². The summed E-state index contributed by atoms with van der Waals surface area (Å²) in [5, 5.41) is 17.9. The van der Waals surface area contributed by atoms with Gasteiger partial charge in [-0.3, -0.25) is 4.79 Å². The van der Waals surface area contributed by atoms with Crippen molar-refractivity contribution >= 4 is 5.97 Å². The van der Waals surface area contributed by atoms with E-state index in [1.54, 1.807) is 12.1 Å². The van der Waals surface area contributed by atoms with Crippen LogP contribution < -0.4 is 0 Å². The first-order valence-electron chi connectivity index (χ1n) is 5.30. The molecule has 0 spiro atoms. The maximum atomic E-state index is 10.9. The SMILES string of the molecule is CC(C)(C)c1ccc([C@@H](CO)C(=O)O)cc1. The summed E-state index contributed by atoms with van der Waals surface area (Å²) in [5.74, 6) is -1.82. The highest BCUT2D eigenvalue weighted by Crippen LogP contribution is 2.24. The number of aliphatic hydroxyl groups excluding tert-OH is 1. The Morgan fingerprint density at radius 1 is 1.25 bits per heavy atom. The predicted molar refractivity (Wildman–Crippen MR) is 62.6 cm³/mol. The van der Waals surface area contributed by atoms with E-state index in [0.717, 1.165) is 5.56 Å². The number of rotatable bonds is 3. The smallest absolute Gasteiger partial charge is 0.313 e. The fourth-order valence-corrected chi connectivity index (χ4v) is 1.54. The average molecular weight is 222 g/mol. The van der Waals surface area contributed by atoms with Gasteiger partial charge in [0.15, 0.2) is 0 Å². The van der Waals surface area contributed by atoms with E-state index >= 15 is 0 Å². The van der Waals surface area contributed by atoms with Gasteiger partial charge in [-0.05, 0) is 16.5 Å². The van der Waals surface area contributed by atoms with Gasteiger partial charge in [0.05, 0.1) is 6.61 Å². The predicted octanol–water partition coefficient (Wildman–Crippen LogP) is 2.14. The number of aliphatic carboxylic acids is 1. The van der Waals surface area contributed by atoms with Crippen LogP contribution in [0.5, 0.6) is 0 Å². The van der Waals surface area contributed by atoms with Crippen LogP contribution in [0.1, 0.15) is 37.8 Å². The fraction of sp³-hybridized carbons (Fsp3) is 0.462. The third-order valence-electron chi connectivity index (χ3n) is 2.66. The first-order valence-corrected chi connectivity index (χ1v) is 5.30. The Labute approximate surface area is 95.7 Å². The summed E-state index contributed by atoms with van der Waals surface area (Å²) in [7, 11) is 0. The van der Waals surface area contributed by atoms with E-state index in [1.807, 2.05) is 12.1 Å². The van der Waals surface area contributed by atoms with Crippen LogP contribution in [0.2, 0.25) is 0 Å². The molecule has 0 aliphatic rings. The highest BCUT2D eigenvalue weighted by molar-refractivity contribution is 5.76. The second kappa shape index (κ2) is 4.66. The molecule has 3 heteroatoms. The molecular weight excluding hydrogens is 204 g/mol. The Hall–Kier alpha value is -1.35. The van der Waals surface area contributed by atoms with Gasteiger partial charge < -0.3 is 10.2 Å². The van der Waals surface area contributed by atoms with E-state index in [-0.39, 0.29) is 12.0 Å². The van der Waals surface area contributed by atoms with Gasteiger partial charge in [0.1, 0.15) is 5.92 Å². The lowest BCUT2D eigenvalue weighted by Gasteiger charge is -2.19. The number of aliphatic hydroxyl groups is 1. The minimum Gasteiger partial charge on any atom is -0.481 e. The fourth-order valence-electron chi connectivity index (χ4n) is 1.54. The molecule has 16 heavy (non-hydrogen) atoms. The molecule has 1 aromatic carbocycles. The zero-order valence-corrected chi connectivity index (χ0v) is 9.90. The van der Waals surface area contributed by atoms with Crippen molar-refractivity contribution in [2.24, 2.45) is 0 Å². The molecule has 0 amide bonds. The molecule has 3 nitrogen and oxygen atoms in total. The molecule has 0 aromatic heterocycles. The van der Waals surface area contributed by atoms with Crippen LogP contribution in [0.25, 0.3) is 0 Å². The molecule has 0 fully saturated rings. The minimum atomic E-state index is -0.994. The molecule has 0 unspecified atom stereocenters. The second-order valence-corrected chi connectivity index (χ2v) is 4.95. The highest BCUT2D eigenvalue weighted by Gasteiger charge is 2.19. The van der Waals surface area contributed by atoms with Crippen LogP contribution in [0.4, 0.5) is 0 Å². The molecule has 0 heterocycles. The summed E-state index contributed by atoms with van der Waals surface area (Å²) in [4.78, 5) is 10.9. The van der Waals surface area contributed by atoms with E-state index in [4.69, 9.17) is 10.2 Å². The van der Waals surface area contributed by atoms with Gasteiger partial charge >= 0.3 is 5.97 Å². The van der Waals surface area contributed by atoms with Gasteiger partial charge in [0.25, 0.3) is 0 Å². The topological polar surface area (TPSA) is 57.5 Å². The van der Waals surface area contributed by atoms with Crippen LogP contribution in [-0.2, 0) is 10.2 Å². The van der Waals surface area contributed by atoms with E-state index < -0.39 is 11.9 Å². The number of benzene rings is 1. The van der Waals surface area contributed by atoms with Crippen LogP contribution in [0.15, 0.2) is 24.3 Å². The lowest BCUT2D eigenvalue weighted by Crippen LogP contribution is -2.16. The average Bonchev–Trinajstić information content (AvgIpc) is 2.17. The zero-order valence-electron chi connectivity index (χ0n) is 9.90. The van der Waals surface area contributed by atoms with Gasteiger partial charge in [0, 0.05) is 0 Å². The standard InChI is InChI=1S/C13H18O3/c1-13(2,3)10-6-4-9(5-7-10)11(8-14)12(15)16/h4-7,11,14H,8H2,1-3H3,(H,15,16)/t11-/m1/s1. The molecule has 0 saturated carbocycles. The van der Waals surface area contributed by atoms with Crippen LogP contribution in [-0.4, -0.2) is 22.8 Å². The van der Waals surface area contributed by atoms with Crippen LogP contribution >= 0.6 is 0 Å². The van der Waals surface area contributed by atoms with Crippen molar-refractivity contribution < 1.29 is 15.0 Å². The largest absolute Gasteiger partial charge is 0.481 e. The zero-order chi connectivity index (χ0) is 12.3. The number of hydrogen-bond acceptors (Lipinski definition) is 2. The lowest BCUT2D eigenvalue weighted by atomic mass is 9.85. The van der Waals surface area contributed by atoms with E-state index in [0.29, 0.717) is 5.56 Å². The first-order chi connectivity index (χ1) is 7.36. The Morgan fingerprint density at radius 3 is 2.06 bits per heavy atom. The normalized spacial score (nSPS) is 13.5. The van der Waals surface area contributed by atoms with Crippen molar-refractivity contribution in [3.05, 3.63) is 35.4 Å². The van der Waals surface area contributed by atoms with Crippen molar-refractivity contribution in [1.29, 1.82) is 0 Å². The Balaban J connectivity index is 2.98. The Kier molecular flexibility index (Phi) is 3.70. The monoisotopic (exact) mass is 222 g/mol. The second-order valence-electron chi connectivity index (χ2n) is 4.95. The first kappa shape index (κ1) is 12.7. The molecule has 88 valence electrons. The van der Waals surface area contributed by atoms with E-state index in [2.05, 4.69) is 20.8 Å². The third-order valence-corrected chi connectivity index (χ3v) is 2.66. The highest BCUT2D eigenvalue weighted by atomic mass is 16.4. The maximum absolute atomic E-state index is 10.9. The molecule has 1 atom stereocenters. The number of hydrogen-bond donors (Lipinski definition) is 2. The summed E-state index contributed by atoms with van der Waals surface area (Å²) < 4.78 is 0. The number of carboxylic acid groups (broad SMARTS) is 1.